The number of rotatable bonds is 2. The number of aromatic nitrogens is 2. The van der Waals surface area contributed by atoms with Crippen LogP contribution in [0.1, 0.15) is 31.1 Å². The molecular formula is C9H12F3N3. The second-order valence-corrected chi connectivity index (χ2v) is 3.59. The minimum atomic E-state index is -4.48. The van der Waals surface area contributed by atoms with Crippen molar-refractivity contribution in [3.05, 3.63) is 23.8 Å². The molecule has 2 N–H and O–H groups in total. The van der Waals surface area contributed by atoms with Gasteiger partial charge in [0.2, 0.25) is 0 Å². The van der Waals surface area contributed by atoms with E-state index in [1.165, 1.54) is 0 Å². The Kier molecular flexibility index (Phi) is 3.28. The third-order valence-electron chi connectivity index (χ3n) is 2.09. The van der Waals surface area contributed by atoms with E-state index < -0.39 is 17.9 Å². The maximum atomic E-state index is 12.5. The summed E-state index contributed by atoms with van der Waals surface area (Å²) in [4.78, 5) is 6.81. The first kappa shape index (κ1) is 11.9. The minimum Gasteiger partial charge on any atom is -0.324 e. The van der Waals surface area contributed by atoms with Crippen LogP contribution in [0.5, 0.6) is 0 Å². The van der Waals surface area contributed by atoms with Crippen LogP contribution < -0.4 is 5.73 Å². The molecular weight excluding hydrogens is 207 g/mol. The highest BCUT2D eigenvalue weighted by Gasteiger charge is 2.37. The van der Waals surface area contributed by atoms with Crippen molar-refractivity contribution in [3.8, 4) is 0 Å². The van der Waals surface area contributed by atoms with Gasteiger partial charge in [0, 0.05) is 17.8 Å². The van der Waals surface area contributed by atoms with Gasteiger partial charge in [0.25, 0.3) is 0 Å². The average molecular weight is 219 g/mol. The highest BCUT2D eigenvalue weighted by molar-refractivity contribution is 5.23. The SMILES string of the molecule is CC(C)C(N)c1cncnc1C(F)(F)F. The molecule has 1 unspecified atom stereocenters. The molecule has 0 aliphatic rings. The summed E-state index contributed by atoms with van der Waals surface area (Å²) in [5.74, 6) is -0.0999. The van der Waals surface area contributed by atoms with Crippen LogP contribution >= 0.6 is 0 Å². The van der Waals surface area contributed by atoms with E-state index >= 15 is 0 Å². The Labute approximate surface area is 85.5 Å². The quantitative estimate of drug-likeness (QED) is 0.829. The van der Waals surface area contributed by atoms with Crippen molar-refractivity contribution in [1.29, 1.82) is 0 Å². The summed E-state index contributed by atoms with van der Waals surface area (Å²) in [5.41, 5.74) is 4.65. The molecule has 1 rings (SSSR count). The summed E-state index contributed by atoms with van der Waals surface area (Å²) in [7, 11) is 0. The maximum absolute atomic E-state index is 12.5. The zero-order valence-electron chi connectivity index (χ0n) is 8.42. The zero-order valence-corrected chi connectivity index (χ0v) is 8.42. The topological polar surface area (TPSA) is 51.8 Å². The summed E-state index contributed by atoms with van der Waals surface area (Å²) >= 11 is 0. The van der Waals surface area contributed by atoms with Crippen LogP contribution in [0, 0.1) is 5.92 Å². The fraction of sp³-hybridized carbons (Fsp3) is 0.556. The van der Waals surface area contributed by atoms with Crippen molar-refractivity contribution < 1.29 is 13.2 Å². The monoisotopic (exact) mass is 219 g/mol. The van der Waals surface area contributed by atoms with Gasteiger partial charge in [-0.15, -0.1) is 0 Å². The lowest BCUT2D eigenvalue weighted by Crippen LogP contribution is -2.23. The molecule has 0 amide bonds. The normalized spacial score (nSPS) is 14.3. The molecule has 1 aromatic heterocycles. The number of alkyl halides is 3. The van der Waals surface area contributed by atoms with E-state index in [4.69, 9.17) is 5.73 Å². The maximum Gasteiger partial charge on any atom is 0.433 e. The predicted octanol–water partition coefficient (Wildman–Crippen LogP) is 2.15. The van der Waals surface area contributed by atoms with Crippen molar-refractivity contribution in [3.63, 3.8) is 0 Å². The highest BCUT2D eigenvalue weighted by atomic mass is 19.4. The number of nitrogens with two attached hydrogens (primary N) is 1. The van der Waals surface area contributed by atoms with Crippen LogP contribution in [0.2, 0.25) is 0 Å². The molecule has 6 heteroatoms. The third-order valence-corrected chi connectivity index (χ3v) is 2.09. The van der Waals surface area contributed by atoms with E-state index in [9.17, 15) is 13.2 Å². The Bertz CT molecular complexity index is 336. The zero-order chi connectivity index (χ0) is 11.6. The first-order chi connectivity index (χ1) is 6.84. The van der Waals surface area contributed by atoms with Crippen molar-refractivity contribution in [2.45, 2.75) is 26.1 Å². The second kappa shape index (κ2) is 4.14. The Morgan fingerprint density at radius 3 is 2.40 bits per heavy atom. The Morgan fingerprint density at radius 1 is 1.33 bits per heavy atom. The van der Waals surface area contributed by atoms with Crippen LogP contribution in [0.15, 0.2) is 12.5 Å². The number of hydrogen-bond acceptors (Lipinski definition) is 3. The Hall–Kier alpha value is -1.17. The van der Waals surface area contributed by atoms with E-state index in [1.54, 1.807) is 13.8 Å². The van der Waals surface area contributed by atoms with Gasteiger partial charge in [-0.1, -0.05) is 13.8 Å². The van der Waals surface area contributed by atoms with Crippen molar-refractivity contribution in [2.75, 3.05) is 0 Å². The lowest BCUT2D eigenvalue weighted by Gasteiger charge is -2.19. The van der Waals surface area contributed by atoms with E-state index in [-0.39, 0.29) is 11.5 Å². The molecule has 0 fully saturated rings. The Balaban J connectivity index is 3.18. The van der Waals surface area contributed by atoms with E-state index in [1.807, 2.05) is 0 Å². The molecule has 0 bridgehead atoms. The largest absolute Gasteiger partial charge is 0.433 e. The standard InChI is InChI=1S/C9H12F3N3/c1-5(2)7(13)6-3-14-4-15-8(6)9(10,11)12/h3-5,7H,13H2,1-2H3. The molecule has 0 radical (unpaired) electrons. The molecule has 1 atom stereocenters. The van der Waals surface area contributed by atoms with Crippen LogP contribution in [0.25, 0.3) is 0 Å². The van der Waals surface area contributed by atoms with Crippen LogP contribution in [-0.4, -0.2) is 9.97 Å². The highest BCUT2D eigenvalue weighted by Crippen LogP contribution is 2.33. The van der Waals surface area contributed by atoms with Crippen molar-refractivity contribution in [1.82, 2.24) is 9.97 Å². The van der Waals surface area contributed by atoms with Gasteiger partial charge in [0.1, 0.15) is 6.33 Å². The molecule has 0 saturated carbocycles. The summed E-state index contributed by atoms with van der Waals surface area (Å²) in [5, 5.41) is 0. The lowest BCUT2D eigenvalue weighted by molar-refractivity contribution is -0.142. The molecule has 0 aliphatic heterocycles. The van der Waals surface area contributed by atoms with Crippen LogP contribution in [-0.2, 0) is 6.18 Å². The van der Waals surface area contributed by atoms with Gasteiger partial charge >= 0.3 is 6.18 Å². The molecule has 1 aromatic rings. The van der Waals surface area contributed by atoms with E-state index in [2.05, 4.69) is 9.97 Å². The van der Waals surface area contributed by atoms with Gasteiger partial charge in [-0.05, 0) is 5.92 Å². The second-order valence-electron chi connectivity index (χ2n) is 3.59. The van der Waals surface area contributed by atoms with Gasteiger partial charge in [0.05, 0.1) is 0 Å². The fourth-order valence-electron chi connectivity index (χ4n) is 1.18. The van der Waals surface area contributed by atoms with Gasteiger partial charge in [-0.2, -0.15) is 13.2 Å². The minimum absolute atomic E-state index is 0.0556. The fourth-order valence-corrected chi connectivity index (χ4v) is 1.18. The van der Waals surface area contributed by atoms with Gasteiger partial charge in [-0.3, -0.25) is 0 Å². The summed E-state index contributed by atoms with van der Waals surface area (Å²) in [6.45, 7) is 3.50. The average Bonchev–Trinajstić information content (AvgIpc) is 2.15. The molecule has 3 nitrogen and oxygen atoms in total. The van der Waals surface area contributed by atoms with E-state index in [0.717, 1.165) is 12.5 Å². The third kappa shape index (κ3) is 2.65. The lowest BCUT2D eigenvalue weighted by atomic mass is 9.97. The Morgan fingerprint density at radius 2 is 1.93 bits per heavy atom. The molecule has 0 aromatic carbocycles. The smallest absolute Gasteiger partial charge is 0.324 e. The molecule has 1 heterocycles. The number of nitrogens with zero attached hydrogens (tertiary/aromatic N) is 2. The molecule has 0 saturated heterocycles. The molecule has 0 spiro atoms. The predicted molar refractivity (Wildman–Crippen MR) is 48.8 cm³/mol. The van der Waals surface area contributed by atoms with Crippen molar-refractivity contribution in [2.24, 2.45) is 11.7 Å². The first-order valence-corrected chi connectivity index (χ1v) is 4.46. The summed E-state index contributed by atoms with van der Waals surface area (Å²) < 4.78 is 37.6. The first-order valence-electron chi connectivity index (χ1n) is 4.46. The van der Waals surface area contributed by atoms with Gasteiger partial charge in [0.15, 0.2) is 5.69 Å². The summed E-state index contributed by atoms with van der Waals surface area (Å²) in [6, 6.07) is -0.706. The number of hydrogen-bond donors (Lipinski definition) is 1. The van der Waals surface area contributed by atoms with Gasteiger partial charge < -0.3 is 5.73 Å². The molecule has 84 valence electrons. The number of halogens is 3. The van der Waals surface area contributed by atoms with Crippen molar-refractivity contribution >= 4 is 0 Å². The van der Waals surface area contributed by atoms with Crippen LogP contribution in [0.3, 0.4) is 0 Å². The van der Waals surface area contributed by atoms with Crippen LogP contribution in [0.4, 0.5) is 13.2 Å². The molecule has 0 aliphatic carbocycles. The molecule has 15 heavy (non-hydrogen) atoms. The van der Waals surface area contributed by atoms with E-state index in [0.29, 0.717) is 0 Å². The summed E-state index contributed by atoms with van der Waals surface area (Å²) in [6.07, 6.45) is -2.48. The van der Waals surface area contributed by atoms with Gasteiger partial charge in [-0.25, -0.2) is 9.97 Å².